The minimum atomic E-state index is 0. The van der Waals surface area contributed by atoms with E-state index in [0.717, 1.165) is 13.0 Å². The molecule has 0 aromatic heterocycles. The molecule has 0 radical (unpaired) electrons. The van der Waals surface area contributed by atoms with Gasteiger partial charge < -0.3 is 17.1 Å². The third-order valence-electron chi connectivity index (χ3n) is 0.650. The fraction of sp³-hybridized carbons (Fsp3) is 0.667. The van der Waals surface area contributed by atoms with Gasteiger partial charge in [0.15, 0.2) is 0 Å². The maximum Gasteiger partial charge on any atom is 1.00 e. The first-order valence-corrected chi connectivity index (χ1v) is 2.30. The van der Waals surface area contributed by atoms with Gasteiger partial charge in [-0.2, -0.15) is 0 Å². The Morgan fingerprint density at radius 1 is 1.62 bits per heavy atom. The summed E-state index contributed by atoms with van der Waals surface area (Å²) in [6.45, 7) is 0.742. The summed E-state index contributed by atoms with van der Waals surface area (Å²) in [7, 11) is 1.66. The molecule has 0 aromatic rings. The maximum atomic E-state index is 6.48. The molecule has 0 saturated heterocycles. The Morgan fingerprint density at radius 2 is 2.25 bits per heavy atom. The zero-order chi connectivity index (χ0) is 5.54. The zero-order valence-electron chi connectivity index (χ0n) is 4.83. The molecule has 0 aliphatic heterocycles. The van der Waals surface area contributed by atoms with Crippen molar-refractivity contribution in [2.75, 3.05) is 13.7 Å². The molecule has 0 aliphatic rings. The van der Waals surface area contributed by atoms with Gasteiger partial charge >= 0.3 is 17.1 Å². The van der Waals surface area contributed by atoms with Crippen molar-refractivity contribution in [2.24, 2.45) is 0 Å². The van der Waals surface area contributed by atoms with Gasteiger partial charge in [-0.15, -0.1) is 0 Å². The Kier molecular flexibility index (Phi) is 13.8. The van der Waals surface area contributed by atoms with Gasteiger partial charge in [-0.25, -0.2) is 0 Å². The van der Waals surface area contributed by atoms with Crippen molar-refractivity contribution in [1.82, 2.24) is 0 Å². The van der Waals surface area contributed by atoms with Crippen LogP contribution in [0.1, 0.15) is 12.8 Å². The van der Waals surface area contributed by atoms with Crippen molar-refractivity contribution >= 4 is 0 Å². The Hall–Kier alpha value is 0.0395. The van der Waals surface area contributed by atoms with E-state index in [1.54, 1.807) is 7.11 Å². The van der Waals surface area contributed by atoms with Gasteiger partial charge in [0.1, 0.15) is 0 Å². The van der Waals surface area contributed by atoms with E-state index in [2.05, 4.69) is 5.92 Å². The fourth-order valence-corrected chi connectivity index (χ4v) is 0.305. The van der Waals surface area contributed by atoms with E-state index in [1.807, 2.05) is 0 Å². The Balaban J connectivity index is 0. The molecule has 2 heteroatoms. The van der Waals surface area contributed by atoms with Crippen LogP contribution in [0.15, 0.2) is 0 Å². The van der Waals surface area contributed by atoms with E-state index < -0.39 is 0 Å². The van der Waals surface area contributed by atoms with Gasteiger partial charge in [0.25, 0.3) is 0 Å². The number of hydrogen-bond donors (Lipinski definition) is 0. The summed E-state index contributed by atoms with van der Waals surface area (Å²) in [5.41, 5.74) is 0. The molecule has 1 nitrogen and oxygen atoms in total. The molecule has 0 aromatic carbocycles. The molecule has 0 saturated carbocycles. The Morgan fingerprint density at radius 3 is 2.62 bits per heavy atom. The van der Waals surface area contributed by atoms with Gasteiger partial charge in [0.05, 0.1) is 0 Å². The predicted octanol–water partition coefficient (Wildman–Crippen LogP) is 1.00. The first-order valence-electron chi connectivity index (χ1n) is 2.30. The monoisotopic (exact) mass is 160 g/mol. The van der Waals surface area contributed by atoms with Crippen molar-refractivity contribution in [3.8, 4) is 5.92 Å². The third-order valence-corrected chi connectivity index (χ3v) is 0.650. The van der Waals surface area contributed by atoms with Crippen LogP contribution >= 0.6 is 0 Å². The van der Waals surface area contributed by atoms with E-state index in [9.17, 15) is 0 Å². The average molecular weight is 161 g/mol. The standard InChI is InChI=1S/C6H9O.Cu/c1-3-4-5-6-7-2;/h4-6H2,2H3;/q-1;+1. The minimum Gasteiger partial charge on any atom is -0.694 e. The third kappa shape index (κ3) is 9.40. The van der Waals surface area contributed by atoms with Crippen molar-refractivity contribution in [1.29, 1.82) is 0 Å². The van der Waals surface area contributed by atoms with Crippen LogP contribution in [0, 0.1) is 12.3 Å². The summed E-state index contributed by atoms with van der Waals surface area (Å²) >= 11 is 0. The van der Waals surface area contributed by atoms with E-state index >= 15 is 0 Å². The molecule has 0 aliphatic carbocycles. The molecule has 0 N–H and O–H groups in total. The SMILES string of the molecule is [C-]#CCCCOC.[Cu+]. The van der Waals surface area contributed by atoms with Crippen LogP contribution in [0.3, 0.4) is 0 Å². The second-order valence-electron chi connectivity index (χ2n) is 1.27. The number of rotatable bonds is 3. The molecule has 8 heavy (non-hydrogen) atoms. The Labute approximate surface area is 61.3 Å². The van der Waals surface area contributed by atoms with Crippen LogP contribution in [-0.4, -0.2) is 13.7 Å². The van der Waals surface area contributed by atoms with Crippen LogP contribution in [0.4, 0.5) is 0 Å². The molecule has 0 heterocycles. The molecule has 0 spiro atoms. The van der Waals surface area contributed by atoms with Gasteiger partial charge in [-0.1, -0.05) is 0 Å². The van der Waals surface area contributed by atoms with E-state index in [0.29, 0.717) is 6.42 Å². The molecular weight excluding hydrogens is 152 g/mol. The van der Waals surface area contributed by atoms with Crippen molar-refractivity contribution in [2.45, 2.75) is 12.8 Å². The summed E-state index contributed by atoms with van der Waals surface area (Å²) in [4.78, 5) is 0. The second kappa shape index (κ2) is 10.1. The van der Waals surface area contributed by atoms with Gasteiger partial charge in [0.2, 0.25) is 0 Å². The van der Waals surface area contributed by atoms with Crippen LogP contribution in [-0.2, 0) is 21.8 Å². The predicted molar refractivity (Wildman–Crippen MR) is 28.2 cm³/mol. The van der Waals surface area contributed by atoms with Crippen molar-refractivity contribution in [3.05, 3.63) is 6.42 Å². The average Bonchev–Trinajstić information content (AvgIpc) is 1.69. The summed E-state index contributed by atoms with van der Waals surface area (Å²) in [6.07, 6.45) is 8.11. The fourth-order valence-electron chi connectivity index (χ4n) is 0.305. The number of unbranched alkanes of at least 4 members (excludes halogenated alkanes) is 1. The normalized spacial score (nSPS) is 7.00. The first-order chi connectivity index (χ1) is 3.41. The quantitative estimate of drug-likeness (QED) is 0.259. The molecule has 50 valence electrons. The van der Waals surface area contributed by atoms with Gasteiger partial charge in [0, 0.05) is 13.7 Å². The Bertz CT molecular complexity index is 65.4. The summed E-state index contributed by atoms with van der Waals surface area (Å²) in [6, 6.07) is 0. The van der Waals surface area contributed by atoms with Crippen LogP contribution in [0.25, 0.3) is 0 Å². The van der Waals surface area contributed by atoms with Crippen LogP contribution in [0.2, 0.25) is 0 Å². The topological polar surface area (TPSA) is 9.23 Å². The van der Waals surface area contributed by atoms with Gasteiger partial charge in [-0.3, -0.25) is 0 Å². The molecule has 0 atom stereocenters. The number of ether oxygens (including phenoxy) is 1. The van der Waals surface area contributed by atoms with E-state index in [-0.39, 0.29) is 17.1 Å². The van der Waals surface area contributed by atoms with Gasteiger partial charge in [-0.05, 0) is 12.8 Å². The van der Waals surface area contributed by atoms with Crippen molar-refractivity contribution in [3.63, 3.8) is 0 Å². The van der Waals surface area contributed by atoms with Crippen LogP contribution < -0.4 is 0 Å². The summed E-state index contributed by atoms with van der Waals surface area (Å²) < 4.78 is 4.72. The molecule has 0 amide bonds. The molecule has 0 unspecified atom stereocenters. The number of hydrogen-bond acceptors (Lipinski definition) is 1. The smallest absolute Gasteiger partial charge is 0.694 e. The van der Waals surface area contributed by atoms with Crippen molar-refractivity contribution < 1.29 is 21.8 Å². The molecule has 0 fully saturated rings. The summed E-state index contributed by atoms with van der Waals surface area (Å²) in [5, 5.41) is 0. The largest absolute Gasteiger partial charge is 1.00 e. The van der Waals surface area contributed by atoms with E-state index in [4.69, 9.17) is 11.2 Å². The zero-order valence-corrected chi connectivity index (χ0v) is 5.77. The summed E-state index contributed by atoms with van der Waals surface area (Å²) in [5.74, 6) is 2.27. The number of methoxy groups -OCH3 is 1. The van der Waals surface area contributed by atoms with Crippen LogP contribution in [0.5, 0.6) is 0 Å². The van der Waals surface area contributed by atoms with E-state index in [1.165, 1.54) is 0 Å². The maximum absolute atomic E-state index is 6.48. The molecular formula is C6H9CuO. The molecule has 0 rings (SSSR count). The second-order valence-corrected chi connectivity index (χ2v) is 1.27. The minimum absolute atomic E-state index is 0. The first kappa shape index (κ1) is 10.9. The molecule has 0 bridgehead atoms.